The highest BCUT2D eigenvalue weighted by Crippen LogP contribution is 2.14. The largest absolute Gasteiger partial charge is 0.346 e. The first kappa shape index (κ1) is 14.7. The van der Waals surface area contributed by atoms with E-state index in [0.717, 1.165) is 0 Å². The molecule has 0 radical (unpaired) electrons. The number of nitro groups is 1. The molecule has 0 saturated carbocycles. The second-order valence-electron chi connectivity index (χ2n) is 4.12. The van der Waals surface area contributed by atoms with Crippen molar-refractivity contribution >= 4 is 23.2 Å². The van der Waals surface area contributed by atoms with Crippen LogP contribution in [0.4, 0.5) is 5.69 Å². The van der Waals surface area contributed by atoms with Gasteiger partial charge in [-0.1, -0.05) is 18.2 Å². The van der Waals surface area contributed by atoms with Gasteiger partial charge in [-0.05, 0) is 18.2 Å². The van der Waals surface area contributed by atoms with Gasteiger partial charge in [-0.15, -0.1) is 0 Å². The Kier molecular flexibility index (Phi) is 4.34. The molecular weight excluding hydrogens is 296 g/mol. The Morgan fingerprint density at radius 2 is 2.05 bits per heavy atom. The van der Waals surface area contributed by atoms with Gasteiger partial charge in [0.15, 0.2) is 5.69 Å². The molecule has 0 saturated heterocycles. The van der Waals surface area contributed by atoms with E-state index in [1.165, 1.54) is 22.9 Å². The van der Waals surface area contributed by atoms with Crippen LogP contribution >= 0.6 is 11.6 Å². The predicted octanol–water partition coefficient (Wildman–Crippen LogP) is 2.26. The highest BCUT2D eigenvalue weighted by molar-refractivity contribution is 6.29. The maximum absolute atomic E-state index is 11.8. The molecule has 108 valence electrons. The van der Waals surface area contributed by atoms with Gasteiger partial charge in [-0.3, -0.25) is 14.9 Å². The van der Waals surface area contributed by atoms with Crippen molar-refractivity contribution in [2.45, 2.75) is 0 Å². The van der Waals surface area contributed by atoms with E-state index in [-0.39, 0.29) is 23.8 Å². The summed E-state index contributed by atoms with van der Waals surface area (Å²) in [6.45, 7) is 3.62. The number of aromatic nitrogens is 2. The molecule has 0 aliphatic carbocycles. The third-order valence-electron chi connectivity index (χ3n) is 2.59. The van der Waals surface area contributed by atoms with E-state index in [2.05, 4.69) is 17.0 Å². The summed E-state index contributed by atoms with van der Waals surface area (Å²) in [4.78, 5) is 21.9. The molecule has 0 aliphatic rings. The monoisotopic (exact) mass is 306 g/mol. The normalized spacial score (nSPS) is 10.1. The van der Waals surface area contributed by atoms with Gasteiger partial charge in [0.1, 0.15) is 0 Å². The van der Waals surface area contributed by atoms with Crippen molar-refractivity contribution in [2.75, 3.05) is 6.54 Å². The smallest absolute Gasteiger partial charge is 0.272 e. The quantitative estimate of drug-likeness (QED) is 0.677. The highest BCUT2D eigenvalue weighted by atomic mass is 35.5. The topological polar surface area (TPSA) is 90.1 Å². The number of nitrogens with zero attached hydrogens (tertiary/aromatic N) is 3. The molecule has 7 nitrogen and oxygen atoms in total. The number of carbonyl (C=O) groups is 1. The zero-order valence-electron chi connectivity index (χ0n) is 10.8. The number of amides is 1. The van der Waals surface area contributed by atoms with Crippen LogP contribution in [0.15, 0.2) is 48.1 Å². The Morgan fingerprint density at radius 3 is 2.62 bits per heavy atom. The maximum atomic E-state index is 11.8. The Morgan fingerprint density at radius 1 is 1.38 bits per heavy atom. The van der Waals surface area contributed by atoms with Crippen LogP contribution in [0, 0.1) is 10.1 Å². The van der Waals surface area contributed by atoms with Gasteiger partial charge in [0.25, 0.3) is 11.6 Å². The van der Waals surface area contributed by atoms with Crippen molar-refractivity contribution in [3.63, 3.8) is 0 Å². The van der Waals surface area contributed by atoms with Gasteiger partial charge in [-0.25, -0.2) is 4.68 Å². The SMILES string of the molecule is C=C(Cl)CNC(=O)c1ccn(-c2ccc([N+](=O)[O-])cc2)n1. The molecule has 1 amide bonds. The first-order chi connectivity index (χ1) is 9.97. The molecule has 1 heterocycles. The first-order valence-electron chi connectivity index (χ1n) is 5.89. The van der Waals surface area contributed by atoms with E-state index < -0.39 is 4.92 Å². The van der Waals surface area contributed by atoms with E-state index >= 15 is 0 Å². The van der Waals surface area contributed by atoms with E-state index in [1.807, 2.05) is 0 Å². The van der Waals surface area contributed by atoms with Crippen LogP contribution in [-0.4, -0.2) is 27.2 Å². The number of nitrogens with one attached hydrogen (secondary N) is 1. The van der Waals surface area contributed by atoms with Crippen molar-refractivity contribution in [1.82, 2.24) is 15.1 Å². The molecule has 1 N–H and O–H groups in total. The molecular formula is C13H11ClN4O3. The number of carbonyl (C=O) groups excluding carboxylic acids is 1. The lowest BCUT2D eigenvalue weighted by atomic mass is 10.3. The predicted molar refractivity (Wildman–Crippen MR) is 77.5 cm³/mol. The molecule has 1 aromatic carbocycles. The second-order valence-corrected chi connectivity index (χ2v) is 4.65. The standard InChI is InChI=1S/C13H11ClN4O3/c1-9(14)8-15-13(19)12-6-7-17(16-12)10-2-4-11(5-3-10)18(20)21/h2-7H,1,8H2,(H,15,19). The summed E-state index contributed by atoms with van der Waals surface area (Å²) < 4.78 is 1.45. The number of hydrogen-bond donors (Lipinski definition) is 1. The second kappa shape index (κ2) is 6.19. The number of benzene rings is 1. The van der Waals surface area contributed by atoms with Crippen LogP contribution in [0.3, 0.4) is 0 Å². The van der Waals surface area contributed by atoms with Gasteiger partial charge >= 0.3 is 0 Å². The molecule has 0 atom stereocenters. The molecule has 0 unspecified atom stereocenters. The van der Waals surface area contributed by atoms with Crippen LogP contribution in [-0.2, 0) is 0 Å². The van der Waals surface area contributed by atoms with Crippen molar-refractivity contribution in [1.29, 1.82) is 0 Å². The van der Waals surface area contributed by atoms with Crippen LogP contribution in [0.2, 0.25) is 0 Å². The Balaban J connectivity index is 2.13. The zero-order chi connectivity index (χ0) is 15.4. The number of halogens is 1. The van der Waals surface area contributed by atoms with Crippen molar-refractivity contribution in [3.8, 4) is 5.69 Å². The average molecular weight is 307 g/mol. The zero-order valence-corrected chi connectivity index (χ0v) is 11.6. The van der Waals surface area contributed by atoms with Gasteiger partial charge in [0, 0.05) is 23.4 Å². The lowest BCUT2D eigenvalue weighted by molar-refractivity contribution is -0.384. The van der Waals surface area contributed by atoms with Crippen LogP contribution in [0.1, 0.15) is 10.5 Å². The molecule has 2 rings (SSSR count). The Labute approximate surface area is 125 Å². The van der Waals surface area contributed by atoms with Gasteiger partial charge in [0.2, 0.25) is 0 Å². The van der Waals surface area contributed by atoms with Gasteiger partial charge < -0.3 is 5.32 Å². The maximum Gasteiger partial charge on any atom is 0.272 e. The molecule has 0 bridgehead atoms. The summed E-state index contributed by atoms with van der Waals surface area (Å²) in [5.74, 6) is -0.377. The fourth-order valence-electron chi connectivity index (χ4n) is 1.58. The fourth-order valence-corrected chi connectivity index (χ4v) is 1.65. The lowest BCUT2D eigenvalue weighted by Crippen LogP contribution is -2.25. The van der Waals surface area contributed by atoms with E-state index in [4.69, 9.17) is 11.6 Å². The summed E-state index contributed by atoms with van der Waals surface area (Å²) in [5.41, 5.74) is 0.817. The average Bonchev–Trinajstić information content (AvgIpc) is 2.94. The third-order valence-corrected chi connectivity index (χ3v) is 2.72. The Bertz CT molecular complexity index is 694. The number of nitro benzene ring substituents is 1. The summed E-state index contributed by atoms with van der Waals surface area (Å²) in [7, 11) is 0. The molecule has 8 heteroatoms. The minimum atomic E-state index is -0.481. The minimum Gasteiger partial charge on any atom is -0.346 e. The highest BCUT2D eigenvalue weighted by Gasteiger charge is 2.11. The van der Waals surface area contributed by atoms with Crippen LogP contribution in [0.25, 0.3) is 5.69 Å². The van der Waals surface area contributed by atoms with Crippen molar-refractivity contribution in [2.24, 2.45) is 0 Å². The molecule has 0 aliphatic heterocycles. The molecule has 0 spiro atoms. The summed E-state index contributed by atoms with van der Waals surface area (Å²) in [6.07, 6.45) is 1.59. The van der Waals surface area contributed by atoms with Crippen molar-refractivity contribution < 1.29 is 9.72 Å². The number of hydrogen-bond acceptors (Lipinski definition) is 4. The summed E-state index contributed by atoms with van der Waals surface area (Å²) in [5, 5.41) is 17.5. The fraction of sp³-hybridized carbons (Fsp3) is 0.0769. The van der Waals surface area contributed by atoms with Gasteiger partial charge in [0.05, 0.1) is 17.2 Å². The Hall–Kier alpha value is -2.67. The van der Waals surface area contributed by atoms with Crippen LogP contribution in [0.5, 0.6) is 0 Å². The number of non-ortho nitro benzene ring substituents is 1. The number of rotatable bonds is 5. The summed E-state index contributed by atoms with van der Waals surface area (Å²) in [6, 6.07) is 7.37. The summed E-state index contributed by atoms with van der Waals surface area (Å²) >= 11 is 5.56. The molecule has 0 fully saturated rings. The van der Waals surface area contributed by atoms with Crippen molar-refractivity contribution in [3.05, 3.63) is 63.9 Å². The molecule has 21 heavy (non-hydrogen) atoms. The molecule has 2 aromatic rings. The van der Waals surface area contributed by atoms with Gasteiger partial charge in [-0.2, -0.15) is 5.10 Å². The minimum absolute atomic E-state index is 0.00972. The first-order valence-corrected chi connectivity index (χ1v) is 6.27. The van der Waals surface area contributed by atoms with E-state index in [0.29, 0.717) is 10.7 Å². The molecule has 1 aromatic heterocycles. The third kappa shape index (κ3) is 3.67. The van der Waals surface area contributed by atoms with Crippen LogP contribution < -0.4 is 5.32 Å². The van der Waals surface area contributed by atoms with E-state index in [9.17, 15) is 14.9 Å². The van der Waals surface area contributed by atoms with E-state index in [1.54, 1.807) is 18.3 Å². The lowest BCUT2D eigenvalue weighted by Gasteiger charge is -2.02.